The first-order chi connectivity index (χ1) is 12.6. The third kappa shape index (κ3) is 3.12. The molecule has 2 aliphatic heterocycles. The summed E-state index contributed by atoms with van der Waals surface area (Å²) < 4.78 is 0. The van der Waals surface area contributed by atoms with Crippen molar-refractivity contribution in [1.29, 1.82) is 0 Å². The number of fused-ring (bicyclic) bond motifs is 4. The van der Waals surface area contributed by atoms with Crippen LogP contribution in [0.1, 0.15) is 56.7 Å². The fraction of sp³-hybridized carbons (Fsp3) is 0.435. The maximum absolute atomic E-state index is 5.01. The molecular weight excluding hydrogens is 354 g/mol. The summed E-state index contributed by atoms with van der Waals surface area (Å²) in [5.41, 5.74) is 5.32. The van der Waals surface area contributed by atoms with E-state index in [-0.39, 0.29) is 23.9 Å². The van der Waals surface area contributed by atoms with Gasteiger partial charge >= 0.3 is 0 Å². The molecule has 0 aliphatic carbocycles. The predicted molar refractivity (Wildman–Crippen MR) is 119 cm³/mol. The molecule has 0 amide bonds. The quantitative estimate of drug-likeness (QED) is 0.685. The van der Waals surface area contributed by atoms with E-state index in [9.17, 15) is 0 Å². The van der Waals surface area contributed by atoms with Crippen LogP contribution < -0.4 is 10.2 Å². The Bertz CT molecular complexity index is 847. The first-order valence-electron chi connectivity index (χ1n) is 9.79. The van der Waals surface area contributed by atoms with Gasteiger partial charge in [0, 0.05) is 25.0 Å². The monoisotopic (exact) mass is 383 g/mol. The van der Waals surface area contributed by atoms with E-state index in [0.717, 1.165) is 25.2 Å². The normalized spacial score (nSPS) is 27.6. The Morgan fingerprint density at radius 3 is 2.52 bits per heavy atom. The standard InChI is InChI=1S/C23H29N3.ClH/c1-5-14-24-22-23(3)15-16(2)17-10-7-9-13-20(17)26(4)21(23)18-11-6-8-12-19(18)25-22;/h6-13,16,21H,5,14-15H2,1-4H3,(H,24,25);1H/t16?,21-,23-;/m0./s1. The number of aliphatic imine (C=N–C) groups is 1. The largest absolute Gasteiger partial charge is 0.366 e. The van der Waals surface area contributed by atoms with Crippen LogP contribution in [0.25, 0.3) is 0 Å². The van der Waals surface area contributed by atoms with E-state index >= 15 is 0 Å². The Kier molecular flexibility index (Phi) is 5.53. The molecule has 0 fully saturated rings. The Labute approximate surface area is 169 Å². The molecule has 27 heavy (non-hydrogen) atoms. The zero-order valence-corrected chi connectivity index (χ0v) is 17.5. The number of nitrogens with zero attached hydrogens (tertiary/aromatic N) is 2. The van der Waals surface area contributed by atoms with Gasteiger partial charge in [-0.15, -0.1) is 12.4 Å². The van der Waals surface area contributed by atoms with Crippen molar-refractivity contribution in [2.45, 2.75) is 45.6 Å². The van der Waals surface area contributed by atoms with Gasteiger partial charge in [0.05, 0.1) is 11.5 Å². The zero-order valence-electron chi connectivity index (χ0n) is 16.7. The highest BCUT2D eigenvalue weighted by Gasteiger charge is 2.49. The van der Waals surface area contributed by atoms with Crippen molar-refractivity contribution < 1.29 is 0 Å². The van der Waals surface area contributed by atoms with Gasteiger partial charge in [-0.1, -0.05) is 57.2 Å². The Hall–Kier alpha value is -2.00. The van der Waals surface area contributed by atoms with Gasteiger partial charge in [-0.2, -0.15) is 0 Å². The zero-order chi connectivity index (χ0) is 18.3. The van der Waals surface area contributed by atoms with Gasteiger partial charge < -0.3 is 10.2 Å². The van der Waals surface area contributed by atoms with E-state index in [1.165, 1.54) is 22.5 Å². The second kappa shape index (κ2) is 7.55. The highest BCUT2D eigenvalue weighted by atomic mass is 35.5. The average Bonchev–Trinajstić information content (AvgIpc) is 2.73. The molecule has 4 rings (SSSR count). The van der Waals surface area contributed by atoms with Crippen molar-refractivity contribution in [1.82, 2.24) is 0 Å². The van der Waals surface area contributed by atoms with Crippen molar-refractivity contribution in [2.24, 2.45) is 10.4 Å². The fourth-order valence-electron chi connectivity index (χ4n) is 4.99. The number of halogens is 1. The van der Waals surface area contributed by atoms with Gasteiger partial charge in [-0.25, -0.2) is 0 Å². The molecule has 2 aliphatic rings. The summed E-state index contributed by atoms with van der Waals surface area (Å²) in [5.74, 6) is 1.64. The predicted octanol–water partition coefficient (Wildman–Crippen LogP) is 6.03. The lowest BCUT2D eigenvalue weighted by atomic mass is 9.69. The van der Waals surface area contributed by atoms with Gasteiger partial charge in [0.25, 0.3) is 0 Å². The van der Waals surface area contributed by atoms with Crippen LogP contribution in [-0.2, 0) is 0 Å². The molecule has 0 spiro atoms. The Morgan fingerprint density at radius 2 is 1.78 bits per heavy atom. The fourth-order valence-corrected chi connectivity index (χ4v) is 4.99. The number of amidine groups is 1. The summed E-state index contributed by atoms with van der Waals surface area (Å²) in [4.78, 5) is 7.49. The second-order valence-corrected chi connectivity index (χ2v) is 8.04. The molecule has 0 aromatic heterocycles. The molecule has 144 valence electrons. The van der Waals surface area contributed by atoms with E-state index in [1.807, 2.05) is 0 Å². The van der Waals surface area contributed by atoms with Crippen LogP contribution in [0.3, 0.4) is 0 Å². The number of rotatable bonds is 2. The Balaban J connectivity index is 0.00000210. The van der Waals surface area contributed by atoms with E-state index in [4.69, 9.17) is 4.99 Å². The van der Waals surface area contributed by atoms with E-state index in [2.05, 4.69) is 86.6 Å². The lowest BCUT2D eigenvalue weighted by Crippen LogP contribution is -2.48. The topological polar surface area (TPSA) is 27.6 Å². The second-order valence-electron chi connectivity index (χ2n) is 8.04. The third-order valence-corrected chi connectivity index (χ3v) is 6.11. The first kappa shape index (κ1) is 19.8. The van der Waals surface area contributed by atoms with E-state index in [1.54, 1.807) is 0 Å². The molecule has 0 radical (unpaired) electrons. The van der Waals surface area contributed by atoms with Crippen LogP contribution in [0.5, 0.6) is 0 Å². The van der Waals surface area contributed by atoms with E-state index in [0.29, 0.717) is 5.92 Å². The molecule has 0 saturated carbocycles. The average molecular weight is 384 g/mol. The van der Waals surface area contributed by atoms with Crippen LogP contribution in [0.2, 0.25) is 0 Å². The molecule has 4 heteroatoms. The molecule has 3 nitrogen and oxygen atoms in total. The van der Waals surface area contributed by atoms with Crippen molar-refractivity contribution in [3.05, 3.63) is 59.7 Å². The highest BCUT2D eigenvalue weighted by molar-refractivity contribution is 6.04. The third-order valence-electron chi connectivity index (χ3n) is 6.11. The molecule has 1 unspecified atom stereocenters. The SMILES string of the molecule is CCCN=C1Nc2ccccc2[C@@H]2N(C)c3ccccc3C(C)C[C@]12C.Cl. The molecule has 0 bridgehead atoms. The minimum Gasteiger partial charge on any atom is -0.366 e. The smallest absolute Gasteiger partial charge is 0.109 e. The van der Waals surface area contributed by atoms with Gasteiger partial charge in [0.1, 0.15) is 5.84 Å². The summed E-state index contributed by atoms with van der Waals surface area (Å²) in [6.07, 6.45) is 2.15. The molecule has 2 heterocycles. The van der Waals surface area contributed by atoms with Crippen molar-refractivity contribution in [3.63, 3.8) is 0 Å². The van der Waals surface area contributed by atoms with Crippen molar-refractivity contribution in [3.8, 4) is 0 Å². The first-order valence-corrected chi connectivity index (χ1v) is 9.79. The minimum atomic E-state index is -0.0449. The van der Waals surface area contributed by atoms with Crippen molar-refractivity contribution >= 4 is 29.6 Å². The summed E-state index contributed by atoms with van der Waals surface area (Å²) in [7, 11) is 2.25. The van der Waals surface area contributed by atoms with Crippen LogP contribution in [0.4, 0.5) is 11.4 Å². The van der Waals surface area contributed by atoms with Crippen LogP contribution in [0, 0.1) is 5.41 Å². The minimum absolute atomic E-state index is 0. The lowest BCUT2D eigenvalue weighted by Gasteiger charge is -2.47. The maximum Gasteiger partial charge on any atom is 0.109 e. The molecule has 0 saturated heterocycles. The lowest BCUT2D eigenvalue weighted by molar-refractivity contribution is 0.321. The molecule has 3 atom stereocenters. The summed E-state index contributed by atoms with van der Waals surface area (Å²) in [6, 6.07) is 17.9. The van der Waals surface area contributed by atoms with Crippen LogP contribution in [-0.4, -0.2) is 19.4 Å². The van der Waals surface area contributed by atoms with Gasteiger partial charge in [-0.05, 0) is 42.0 Å². The Morgan fingerprint density at radius 1 is 1.11 bits per heavy atom. The number of para-hydroxylation sites is 2. The van der Waals surface area contributed by atoms with Gasteiger partial charge in [-0.3, -0.25) is 4.99 Å². The number of hydrogen-bond donors (Lipinski definition) is 1. The number of hydrogen-bond acceptors (Lipinski definition) is 2. The summed E-state index contributed by atoms with van der Waals surface area (Å²) in [5, 5.41) is 3.69. The summed E-state index contributed by atoms with van der Waals surface area (Å²) >= 11 is 0. The number of anilines is 2. The molecule has 1 N–H and O–H groups in total. The number of nitrogens with one attached hydrogen (secondary N) is 1. The molecule has 2 aromatic carbocycles. The van der Waals surface area contributed by atoms with Crippen LogP contribution in [0.15, 0.2) is 53.5 Å². The van der Waals surface area contributed by atoms with Gasteiger partial charge in [0.2, 0.25) is 0 Å². The molecule has 2 aromatic rings. The molecular formula is C23H30ClN3. The highest BCUT2D eigenvalue weighted by Crippen LogP contribution is 2.55. The van der Waals surface area contributed by atoms with Crippen LogP contribution >= 0.6 is 12.4 Å². The van der Waals surface area contributed by atoms with Gasteiger partial charge in [0.15, 0.2) is 0 Å². The number of benzene rings is 2. The van der Waals surface area contributed by atoms with E-state index < -0.39 is 0 Å². The van der Waals surface area contributed by atoms with Crippen molar-refractivity contribution in [2.75, 3.05) is 23.8 Å². The maximum atomic E-state index is 5.01. The summed E-state index contributed by atoms with van der Waals surface area (Å²) in [6.45, 7) is 7.82.